The highest BCUT2D eigenvalue weighted by Crippen LogP contribution is 2.20. The van der Waals surface area contributed by atoms with E-state index in [-0.39, 0.29) is 11.6 Å². The van der Waals surface area contributed by atoms with Crippen LogP contribution in [0.2, 0.25) is 0 Å². The average molecular weight is 293 g/mol. The molecule has 7 heteroatoms. The van der Waals surface area contributed by atoms with E-state index in [0.29, 0.717) is 5.82 Å². The summed E-state index contributed by atoms with van der Waals surface area (Å²) in [5, 5.41) is 5.79. The zero-order valence-corrected chi connectivity index (χ0v) is 11.9. The van der Waals surface area contributed by atoms with Crippen molar-refractivity contribution in [1.82, 2.24) is 14.9 Å². The van der Waals surface area contributed by atoms with E-state index < -0.39 is 11.6 Å². The summed E-state index contributed by atoms with van der Waals surface area (Å²) in [7, 11) is 3.95. The van der Waals surface area contributed by atoms with Gasteiger partial charge in [-0.3, -0.25) is 0 Å². The smallest absolute Gasteiger partial charge is 0.229 e. The van der Waals surface area contributed by atoms with Crippen LogP contribution in [0.15, 0.2) is 30.5 Å². The molecule has 0 spiro atoms. The second-order valence-electron chi connectivity index (χ2n) is 4.72. The summed E-state index contributed by atoms with van der Waals surface area (Å²) >= 11 is 0. The predicted molar refractivity (Wildman–Crippen MR) is 78.7 cm³/mol. The molecule has 0 aliphatic heterocycles. The Morgan fingerprint density at radius 1 is 1.19 bits per heavy atom. The van der Waals surface area contributed by atoms with Gasteiger partial charge in [-0.05, 0) is 32.3 Å². The molecule has 0 atom stereocenters. The van der Waals surface area contributed by atoms with Crippen molar-refractivity contribution in [2.24, 2.45) is 0 Å². The fourth-order valence-electron chi connectivity index (χ4n) is 1.65. The van der Waals surface area contributed by atoms with Gasteiger partial charge in [0.25, 0.3) is 0 Å². The second kappa shape index (κ2) is 6.94. The van der Waals surface area contributed by atoms with Crippen LogP contribution < -0.4 is 10.6 Å². The molecule has 2 N–H and O–H groups in total. The molecule has 0 bridgehead atoms. The number of hydrogen-bond acceptors (Lipinski definition) is 5. The standard InChI is InChI=1S/C14H17F2N5/c1-21(2)9-8-17-12-6-7-18-14(20-12)19-11-5-3-4-10(15)13(11)16/h3-7H,8-9H2,1-2H3,(H2,17,18,19,20). The fraction of sp³-hybridized carbons (Fsp3) is 0.286. The van der Waals surface area contributed by atoms with Crippen LogP contribution in [0.3, 0.4) is 0 Å². The highest BCUT2D eigenvalue weighted by Gasteiger charge is 2.09. The van der Waals surface area contributed by atoms with Gasteiger partial charge in [0, 0.05) is 19.3 Å². The Morgan fingerprint density at radius 2 is 2.00 bits per heavy atom. The molecule has 0 aliphatic carbocycles. The van der Waals surface area contributed by atoms with Crippen molar-refractivity contribution in [2.75, 3.05) is 37.8 Å². The van der Waals surface area contributed by atoms with Gasteiger partial charge in [-0.1, -0.05) is 6.07 Å². The minimum Gasteiger partial charge on any atom is -0.369 e. The maximum atomic E-state index is 13.6. The van der Waals surface area contributed by atoms with Crippen LogP contribution in [0, 0.1) is 11.6 Å². The van der Waals surface area contributed by atoms with Crippen LogP contribution in [0.1, 0.15) is 0 Å². The van der Waals surface area contributed by atoms with E-state index in [1.54, 1.807) is 12.3 Å². The predicted octanol–water partition coefficient (Wildman–Crippen LogP) is 2.47. The van der Waals surface area contributed by atoms with E-state index in [1.165, 1.54) is 12.1 Å². The monoisotopic (exact) mass is 293 g/mol. The van der Waals surface area contributed by atoms with Gasteiger partial charge in [0.2, 0.25) is 5.95 Å². The Bertz CT molecular complexity index is 604. The number of anilines is 3. The second-order valence-corrected chi connectivity index (χ2v) is 4.72. The summed E-state index contributed by atoms with van der Waals surface area (Å²) < 4.78 is 26.7. The summed E-state index contributed by atoms with van der Waals surface area (Å²) in [4.78, 5) is 10.2. The van der Waals surface area contributed by atoms with Gasteiger partial charge in [0.05, 0.1) is 5.69 Å². The lowest BCUT2D eigenvalue weighted by atomic mass is 10.3. The molecule has 21 heavy (non-hydrogen) atoms. The molecule has 5 nitrogen and oxygen atoms in total. The van der Waals surface area contributed by atoms with E-state index >= 15 is 0 Å². The van der Waals surface area contributed by atoms with Gasteiger partial charge in [0.15, 0.2) is 11.6 Å². The van der Waals surface area contributed by atoms with Gasteiger partial charge in [-0.25, -0.2) is 13.8 Å². The molecule has 1 aromatic carbocycles. The first-order valence-electron chi connectivity index (χ1n) is 6.49. The zero-order valence-electron chi connectivity index (χ0n) is 11.9. The quantitative estimate of drug-likeness (QED) is 0.857. The zero-order chi connectivity index (χ0) is 15.2. The first-order valence-corrected chi connectivity index (χ1v) is 6.49. The molecule has 0 unspecified atom stereocenters. The third kappa shape index (κ3) is 4.35. The number of halogens is 2. The topological polar surface area (TPSA) is 53.1 Å². The molecule has 0 amide bonds. The van der Waals surface area contributed by atoms with Crippen LogP contribution in [0.4, 0.5) is 26.2 Å². The summed E-state index contributed by atoms with van der Waals surface area (Å²) in [6.07, 6.45) is 1.55. The van der Waals surface area contributed by atoms with Crippen molar-refractivity contribution in [1.29, 1.82) is 0 Å². The molecule has 2 rings (SSSR count). The summed E-state index contributed by atoms with van der Waals surface area (Å²) in [6, 6.07) is 5.61. The van der Waals surface area contributed by atoms with Crippen molar-refractivity contribution in [3.8, 4) is 0 Å². The number of aromatic nitrogens is 2. The summed E-state index contributed by atoms with van der Waals surface area (Å²) in [6.45, 7) is 1.57. The normalized spacial score (nSPS) is 10.7. The van der Waals surface area contributed by atoms with Gasteiger partial charge < -0.3 is 15.5 Å². The van der Waals surface area contributed by atoms with Crippen molar-refractivity contribution in [3.63, 3.8) is 0 Å². The highest BCUT2D eigenvalue weighted by atomic mass is 19.2. The largest absolute Gasteiger partial charge is 0.369 e. The van der Waals surface area contributed by atoms with Crippen LogP contribution in [0.5, 0.6) is 0 Å². The number of nitrogens with one attached hydrogen (secondary N) is 2. The van der Waals surface area contributed by atoms with Crippen LogP contribution in [-0.2, 0) is 0 Å². The number of hydrogen-bond donors (Lipinski definition) is 2. The molecular weight excluding hydrogens is 276 g/mol. The van der Waals surface area contributed by atoms with Crippen LogP contribution >= 0.6 is 0 Å². The Morgan fingerprint density at radius 3 is 2.76 bits per heavy atom. The van der Waals surface area contributed by atoms with Crippen LogP contribution in [-0.4, -0.2) is 42.1 Å². The number of nitrogens with zero attached hydrogens (tertiary/aromatic N) is 3. The van der Waals surface area contributed by atoms with Gasteiger partial charge in [-0.15, -0.1) is 0 Å². The molecule has 112 valence electrons. The Hall–Kier alpha value is -2.28. The number of likely N-dealkylation sites (N-methyl/N-ethyl adjacent to an activating group) is 1. The molecule has 0 radical (unpaired) electrons. The van der Waals surface area contributed by atoms with E-state index in [2.05, 4.69) is 20.6 Å². The maximum Gasteiger partial charge on any atom is 0.229 e. The molecule has 0 saturated heterocycles. The van der Waals surface area contributed by atoms with E-state index in [4.69, 9.17) is 0 Å². The average Bonchev–Trinajstić information content (AvgIpc) is 2.44. The molecular formula is C14H17F2N5. The van der Waals surface area contributed by atoms with Crippen LogP contribution in [0.25, 0.3) is 0 Å². The van der Waals surface area contributed by atoms with Gasteiger partial charge >= 0.3 is 0 Å². The first-order chi connectivity index (χ1) is 10.1. The van der Waals surface area contributed by atoms with Gasteiger partial charge in [-0.2, -0.15) is 4.98 Å². The highest BCUT2D eigenvalue weighted by molar-refractivity contribution is 5.55. The minimum absolute atomic E-state index is 0.000409. The molecule has 1 aromatic heterocycles. The first kappa shape index (κ1) is 15.1. The summed E-state index contributed by atoms with van der Waals surface area (Å²) in [5.74, 6) is -1.05. The SMILES string of the molecule is CN(C)CCNc1ccnc(Nc2cccc(F)c2F)n1. The minimum atomic E-state index is -0.952. The number of rotatable bonds is 6. The number of benzene rings is 1. The lowest BCUT2D eigenvalue weighted by Gasteiger charge is -2.11. The molecule has 0 fully saturated rings. The molecule has 2 aromatic rings. The fourth-order valence-corrected chi connectivity index (χ4v) is 1.65. The van der Waals surface area contributed by atoms with Crippen molar-refractivity contribution in [3.05, 3.63) is 42.1 Å². The molecule has 0 aliphatic rings. The molecule has 0 saturated carbocycles. The third-order valence-electron chi connectivity index (χ3n) is 2.72. The van der Waals surface area contributed by atoms with E-state index in [9.17, 15) is 8.78 Å². The van der Waals surface area contributed by atoms with Gasteiger partial charge in [0.1, 0.15) is 5.82 Å². The van der Waals surface area contributed by atoms with Crippen molar-refractivity contribution >= 4 is 17.5 Å². The maximum absolute atomic E-state index is 13.6. The van der Waals surface area contributed by atoms with Crippen molar-refractivity contribution in [2.45, 2.75) is 0 Å². The third-order valence-corrected chi connectivity index (χ3v) is 2.72. The van der Waals surface area contributed by atoms with Crippen molar-refractivity contribution < 1.29 is 8.78 Å². The lowest BCUT2D eigenvalue weighted by molar-refractivity contribution is 0.425. The van der Waals surface area contributed by atoms with E-state index in [1.807, 2.05) is 19.0 Å². The Kier molecular flexibility index (Phi) is 4.99. The van der Waals surface area contributed by atoms with E-state index in [0.717, 1.165) is 19.2 Å². The summed E-state index contributed by atoms with van der Waals surface area (Å²) in [5.41, 5.74) is 0.000409. The lowest BCUT2D eigenvalue weighted by Crippen LogP contribution is -2.21. The Labute approximate surface area is 122 Å². The molecule has 1 heterocycles. The Balaban J connectivity index is 2.05.